The number of hydrogen-bond donors (Lipinski definition) is 1. The maximum Gasteiger partial charge on any atom is 0.416 e. The minimum atomic E-state index is -4.46. The van der Waals surface area contributed by atoms with Gasteiger partial charge in [0.2, 0.25) is 0 Å². The fraction of sp³-hybridized carbons (Fsp3) is 0.125. The van der Waals surface area contributed by atoms with Crippen LogP contribution in [0.4, 0.5) is 13.2 Å². The summed E-state index contributed by atoms with van der Waals surface area (Å²) in [6.45, 7) is 0. The van der Waals surface area contributed by atoms with Gasteiger partial charge in [-0.15, -0.1) is 0 Å². The van der Waals surface area contributed by atoms with Crippen LogP contribution in [0.1, 0.15) is 15.9 Å². The van der Waals surface area contributed by atoms with Crippen LogP contribution in [0.15, 0.2) is 36.4 Å². The Morgan fingerprint density at radius 2 is 1.96 bits per heavy atom. The molecule has 25 heavy (non-hydrogen) atoms. The van der Waals surface area contributed by atoms with Gasteiger partial charge in [0.25, 0.3) is 5.19 Å². The van der Waals surface area contributed by atoms with Crippen molar-refractivity contribution in [2.75, 3.05) is 7.11 Å². The van der Waals surface area contributed by atoms with E-state index in [0.29, 0.717) is 4.70 Å². The number of nitrogens with zero attached hydrogens (tertiary/aromatic N) is 1. The molecule has 0 aliphatic carbocycles. The zero-order chi connectivity index (χ0) is 18.2. The first-order valence-corrected chi connectivity index (χ1v) is 7.66. The van der Waals surface area contributed by atoms with E-state index in [1.807, 2.05) is 0 Å². The lowest BCUT2D eigenvalue weighted by Gasteiger charge is -2.06. The van der Waals surface area contributed by atoms with Gasteiger partial charge < -0.3 is 14.6 Å². The quantitative estimate of drug-likeness (QED) is 0.684. The molecule has 1 heterocycles. The minimum absolute atomic E-state index is 0.0164. The number of aromatic hydroxyl groups is 1. The highest BCUT2D eigenvalue weighted by molar-refractivity contribution is 7.20. The molecule has 0 saturated carbocycles. The van der Waals surface area contributed by atoms with Gasteiger partial charge in [-0.2, -0.15) is 13.2 Å². The lowest BCUT2D eigenvalue weighted by atomic mass is 10.2. The molecule has 0 atom stereocenters. The van der Waals surface area contributed by atoms with E-state index in [4.69, 9.17) is 4.74 Å². The molecule has 2 aromatic carbocycles. The molecule has 0 aliphatic rings. The van der Waals surface area contributed by atoms with Crippen LogP contribution in [0.25, 0.3) is 10.2 Å². The van der Waals surface area contributed by atoms with Crippen molar-refractivity contribution in [1.29, 1.82) is 0 Å². The van der Waals surface area contributed by atoms with Crippen molar-refractivity contribution >= 4 is 27.5 Å². The number of carbonyl (C=O) groups is 1. The number of rotatable bonds is 3. The summed E-state index contributed by atoms with van der Waals surface area (Å²) < 4.78 is 48.6. The first-order valence-electron chi connectivity index (χ1n) is 6.85. The summed E-state index contributed by atoms with van der Waals surface area (Å²) in [5.74, 6) is -0.928. The molecule has 1 aromatic heterocycles. The number of benzene rings is 2. The third-order valence-electron chi connectivity index (χ3n) is 3.27. The van der Waals surface area contributed by atoms with E-state index in [-0.39, 0.29) is 27.8 Å². The van der Waals surface area contributed by atoms with Gasteiger partial charge in [0.1, 0.15) is 0 Å². The van der Waals surface area contributed by atoms with Crippen LogP contribution >= 0.6 is 11.3 Å². The third kappa shape index (κ3) is 3.50. The Kier molecular flexibility index (Phi) is 4.25. The Morgan fingerprint density at radius 1 is 1.20 bits per heavy atom. The number of fused-ring (bicyclic) bond motifs is 1. The number of halogens is 3. The molecule has 0 saturated heterocycles. The van der Waals surface area contributed by atoms with Crippen molar-refractivity contribution in [1.82, 2.24) is 4.98 Å². The molecule has 130 valence electrons. The number of methoxy groups -OCH3 is 1. The molecular weight excluding hydrogens is 359 g/mol. The number of esters is 1. The molecule has 3 rings (SSSR count). The summed E-state index contributed by atoms with van der Waals surface area (Å²) in [7, 11) is 1.21. The van der Waals surface area contributed by atoms with E-state index in [9.17, 15) is 23.1 Å². The van der Waals surface area contributed by atoms with Gasteiger partial charge in [0.05, 0.1) is 28.5 Å². The Balaban J connectivity index is 1.89. The summed E-state index contributed by atoms with van der Waals surface area (Å²) in [6.07, 6.45) is -4.46. The van der Waals surface area contributed by atoms with E-state index in [2.05, 4.69) is 9.72 Å². The highest BCUT2D eigenvalue weighted by atomic mass is 32.1. The van der Waals surface area contributed by atoms with Crippen molar-refractivity contribution in [2.45, 2.75) is 6.18 Å². The van der Waals surface area contributed by atoms with Crippen molar-refractivity contribution in [3.63, 3.8) is 0 Å². The van der Waals surface area contributed by atoms with Crippen LogP contribution in [0.5, 0.6) is 16.7 Å². The molecule has 0 spiro atoms. The Labute approximate surface area is 143 Å². The molecule has 0 radical (unpaired) electrons. The van der Waals surface area contributed by atoms with Gasteiger partial charge >= 0.3 is 12.1 Å². The van der Waals surface area contributed by atoms with Crippen molar-refractivity contribution in [3.05, 3.63) is 47.5 Å². The predicted molar refractivity (Wildman–Crippen MR) is 84.1 cm³/mol. The highest BCUT2D eigenvalue weighted by Crippen LogP contribution is 2.38. The molecule has 0 fully saturated rings. The van der Waals surface area contributed by atoms with Crippen molar-refractivity contribution < 1.29 is 32.5 Å². The molecular formula is C16H10F3NO4S. The third-order valence-corrected chi connectivity index (χ3v) is 4.19. The van der Waals surface area contributed by atoms with Crippen LogP contribution in [0.2, 0.25) is 0 Å². The zero-order valence-corrected chi connectivity index (χ0v) is 13.4. The molecule has 1 N–H and O–H groups in total. The molecule has 5 nitrogen and oxygen atoms in total. The lowest BCUT2D eigenvalue weighted by Crippen LogP contribution is -2.03. The van der Waals surface area contributed by atoms with Crippen LogP contribution in [0.3, 0.4) is 0 Å². The van der Waals surface area contributed by atoms with Gasteiger partial charge in [-0.05, 0) is 36.4 Å². The minimum Gasteiger partial charge on any atom is -0.504 e. The smallest absolute Gasteiger partial charge is 0.416 e. The molecule has 0 aliphatic heterocycles. The number of ether oxygens (including phenoxy) is 2. The van der Waals surface area contributed by atoms with Crippen molar-refractivity contribution in [3.8, 4) is 16.7 Å². The fourth-order valence-electron chi connectivity index (χ4n) is 2.07. The van der Waals surface area contributed by atoms with E-state index in [0.717, 1.165) is 29.5 Å². The molecule has 0 amide bonds. The predicted octanol–water partition coefficient (Wildman–Crippen LogP) is 4.60. The van der Waals surface area contributed by atoms with Gasteiger partial charge in [-0.1, -0.05) is 11.3 Å². The van der Waals surface area contributed by atoms with Crippen LogP contribution in [0, 0.1) is 0 Å². The maximum absolute atomic E-state index is 12.7. The fourth-order valence-corrected chi connectivity index (χ4v) is 2.88. The van der Waals surface area contributed by atoms with Gasteiger partial charge in [0, 0.05) is 0 Å². The van der Waals surface area contributed by atoms with E-state index in [1.54, 1.807) is 0 Å². The zero-order valence-electron chi connectivity index (χ0n) is 12.6. The standard InChI is InChI=1S/C16H10F3NO4S/c1-23-14(22)8-2-4-12(11(21)6-8)24-15-20-10-7-9(16(17,18)19)3-5-13(10)25-15/h2-7,21H,1H3. The largest absolute Gasteiger partial charge is 0.504 e. The SMILES string of the molecule is COC(=O)c1ccc(Oc2nc3cc(C(F)(F)F)ccc3s2)c(O)c1. The number of carbonyl (C=O) groups excluding carboxylic acids is 1. The normalized spacial score (nSPS) is 11.5. The Hall–Kier alpha value is -2.81. The maximum atomic E-state index is 12.7. The molecule has 3 aromatic rings. The average molecular weight is 369 g/mol. The van der Waals surface area contributed by atoms with E-state index < -0.39 is 17.7 Å². The summed E-state index contributed by atoms with van der Waals surface area (Å²) in [4.78, 5) is 15.4. The highest BCUT2D eigenvalue weighted by Gasteiger charge is 2.30. The second-order valence-electron chi connectivity index (χ2n) is 4.94. The number of thiazole rings is 1. The molecule has 0 bridgehead atoms. The first kappa shape index (κ1) is 17.0. The Morgan fingerprint density at radius 3 is 2.60 bits per heavy atom. The monoisotopic (exact) mass is 369 g/mol. The summed E-state index contributed by atoms with van der Waals surface area (Å²) in [6, 6.07) is 7.09. The van der Waals surface area contributed by atoms with Gasteiger partial charge in [-0.25, -0.2) is 9.78 Å². The number of alkyl halides is 3. The molecule has 9 heteroatoms. The average Bonchev–Trinajstić information content (AvgIpc) is 2.96. The van der Waals surface area contributed by atoms with Crippen LogP contribution in [-0.2, 0) is 10.9 Å². The number of phenolic OH excluding ortho intramolecular Hbond substituents is 1. The van der Waals surface area contributed by atoms with Gasteiger partial charge in [0.15, 0.2) is 11.5 Å². The number of hydrogen-bond acceptors (Lipinski definition) is 6. The first-order chi connectivity index (χ1) is 11.8. The summed E-state index contributed by atoms with van der Waals surface area (Å²) in [5, 5.41) is 9.98. The second kappa shape index (κ2) is 6.25. The topological polar surface area (TPSA) is 68.7 Å². The van der Waals surface area contributed by atoms with Crippen molar-refractivity contribution in [2.24, 2.45) is 0 Å². The summed E-state index contributed by atoms with van der Waals surface area (Å²) >= 11 is 1.03. The Bertz CT molecular complexity index is 952. The van der Waals surface area contributed by atoms with Gasteiger partial charge in [-0.3, -0.25) is 0 Å². The lowest BCUT2D eigenvalue weighted by molar-refractivity contribution is -0.137. The van der Waals surface area contributed by atoms with E-state index in [1.165, 1.54) is 25.3 Å². The van der Waals surface area contributed by atoms with Crippen LogP contribution in [-0.4, -0.2) is 23.2 Å². The number of aromatic nitrogens is 1. The molecule has 0 unspecified atom stereocenters. The second-order valence-corrected chi connectivity index (χ2v) is 5.93. The van der Waals surface area contributed by atoms with E-state index >= 15 is 0 Å². The van der Waals surface area contributed by atoms with Crippen LogP contribution < -0.4 is 4.74 Å². The number of phenols is 1. The summed E-state index contributed by atoms with van der Waals surface area (Å²) in [5.41, 5.74) is -0.533.